The Kier molecular flexibility index (Phi) is 4.06. The molecule has 22 heavy (non-hydrogen) atoms. The molecule has 0 saturated heterocycles. The number of hydrogen-bond donors (Lipinski definition) is 1. The molecule has 0 unspecified atom stereocenters. The number of hydrogen-bond acceptors (Lipinski definition) is 6. The minimum Gasteiger partial charge on any atom is -0.421 e. The van der Waals surface area contributed by atoms with E-state index in [-0.39, 0.29) is 4.90 Å². The molecule has 1 N–H and O–H groups in total. The van der Waals surface area contributed by atoms with E-state index in [0.717, 1.165) is 5.57 Å². The van der Waals surface area contributed by atoms with E-state index in [1.54, 1.807) is 42.3 Å². The van der Waals surface area contributed by atoms with Crippen LogP contribution in [0.4, 0.5) is 0 Å². The molecule has 116 valence electrons. The summed E-state index contributed by atoms with van der Waals surface area (Å²) in [5.74, 6) is 1.02. The Bertz CT molecular complexity index is 783. The van der Waals surface area contributed by atoms with E-state index in [0.29, 0.717) is 31.3 Å². The third kappa shape index (κ3) is 3.24. The van der Waals surface area contributed by atoms with E-state index < -0.39 is 10.0 Å². The second-order valence-electron chi connectivity index (χ2n) is 4.96. The lowest BCUT2D eigenvalue weighted by Crippen LogP contribution is -2.44. The summed E-state index contributed by atoms with van der Waals surface area (Å²) in [4.78, 5) is 2.83. The van der Waals surface area contributed by atoms with Crippen molar-refractivity contribution in [3.63, 3.8) is 0 Å². The quantitative estimate of drug-likeness (QED) is 0.915. The highest BCUT2D eigenvalue weighted by Gasteiger charge is 2.21. The molecule has 8 heteroatoms. The molecular formula is C14H16N4O3S. The van der Waals surface area contributed by atoms with Crippen molar-refractivity contribution in [2.75, 3.05) is 13.1 Å². The molecule has 0 fully saturated rings. The predicted octanol–water partition coefficient (Wildman–Crippen LogP) is 1.36. The van der Waals surface area contributed by atoms with Gasteiger partial charge < -0.3 is 4.42 Å². The largest absolute Gasteiger partial charge is 0.421 e. The first-order valence-electron chi connectivity index (χ1n) is 6.86. The van der Waals surface area contributed by atoms with Crippen molar-refractivity contribution in [2.24, 2.45) is 0 Å². The van der Waals surface area contributed by atoms with E-state index in [4.69, 9.17) is 4.42 Å². The Hall–Kier alpha value is -2.03. The summed E-state index contributed by atoms with van der Waals surface area (Å²) in [7, 11) is -3.54. The third-order valence-electron chi connectivity index (χ3n) is 3.31. The molecule has 3 rings (SSSR count). The average molecular weight is 320 g/mol. The van der Waals surface area contributed by atoms with E-state index in [2.05, 4.69) is 15.0 Å². The van der Waals surface area contributed by atoms with Crippen molar-refractivity contribution < 1.29 is 12.8 Å². The molecule has 2 aromatic rings. The van der Waals surface area contributed by atoms with Crippen LogP contribution in [0, 0.1) is 6.92 Å². The van der Waals surface area contributed by atoms with Crippen molar-refractivity contribution in [1.29, 1.82) is 0 Å². The molecule has 1 aliphatic heterocycles. The normalized spacial score (nSPS) is 16.5. The van der Waals surface area contributed by atoms with Crippen LogP contribution in [0.2, 0.25) is 0 Å². The maximum atomic E-state index is 12.2. The molecule has 0 atom stereocenters. The zero-order chi connectivity index (χ0) is 15.6. The average Bonchev–Trinajstić information content (AvgIpc) is 2.95. The summed E-state index contributed by atoms with van der Waals surface area (Å²) >= 11 is 0. The van der Waals surface area contributed by atoms with Gasteiger partial charge in [0.05, 0.1) is 4.90 Å². The highest BCUT2D eigenvalue weighted by Crippen LogP contribution is 2.21. The third-order valence-corrected chi connectivity index (χ3v) is 4.70. The van der Waals surface area contributed by atoms with E-state index in [1.807, 2.05) is 6.08 Å². The first-order valence-corrected chi connectivity index (χ1v) is 8.35. The molecular weight excluding hydrogens is 304 g/mol. The Morgan fingerprint density at radius 1 is 1.23 bits per heavy atom. The Labute approximate surface area is 128 Å². The van der Waals surface area contributed by atoms with Gasteiger partial charge in [0.2, 0.25) is 11.8 Å². The van der Waals surface area contributed by atoms with Gasteiger partial charge in [0.1, 0.15) is 0 Å². The molecule has 1 aromatic heterocycles. The van der Waals surface area contributed by atoms with Gasteiger partial charge in [0.15, 0.2) is 0 Å². The summed E-state index contributed by atoms with van der Waals surface area (Å²) in [5.41, 5.74) is 0.941. The smallest absolute Gasteiger partial charge is 0.253 e. The molecule has 0 aliphatic carbocycles. The number of aromatic nitrogens is 2. The lowest BCUT2D eigenvalue weighted by molar-refractivity contribution is 0.265. The number of rotatable bonds is 4. The Balaban J connectivity index is 1.68. The standard InChI is InChI=1S/C14H16N4O3S/c1-11-15-16-14(21-11)12-7-9-18(10-8-12)17-22(19,20)13-5-3-2-4-6-13/h2-7,17H,8-10H2,1H3. The molecule has 0 bridgehead atoms. The maximum absolute atomic E-state index is 12.2. The topological polar surface area (TPSA) is 88.3 Å². The van der Waals surface area contributed by atoms with E-state index in [9.17, 15) is 8.42 Å². The molecule has 2 heterocycles. The molecule has 0 amide bonds. The van der Waals surface area contributed by atoms with Crippen LogP contribution in [0.3, 0.4) is 0 Å². The van der Waals surface area contributed by atoms with Crippen LogP contribution in [0.5, 0.6) is 0 Å². The van der Waals surface area contributed by atoms with Crippen molar-refractivity contribution in [3.05, 3.63) is 48.2 Å². The van der Waals surface area contributed by atoms with Gasteiger partial charge in [0, 0.05) is 25.6 Å². The zero-order valence-electron chi connectivity index (χ0n) is 12.1. The lowest BCUT2D eigenvalue weighted by atomic mass is 10.1. The van der Waals surface area contributed by atoms with Crippen molar-refractivity contribution in [3.8, 4) is 0 Å². The summed E-state index contributed by atoms with van der Waals surface area (Å²) in [6, 6.07) is 8.30. The highest BCUT2D eigenvalue weighted by atomic mass is 32.2. The fraction of sp³-hybridized carbons (Fsp3) is 0.286. The molecule has 1 aromatic carbocycles. The van der Waals surface area contributed by atoms with Crippen LogP contribution < -0.4 is 4.83 Å². The summed E-state index contributed by atoms with van der Waals surface area (Å²) < 4.78 is 29.9. The summed E-state index contributed by atoms with van der Waals surface area (Å²) in [6.45, 7) is 2.72. The SMILES string of the molecule is Cc1nnc(C2=CCN(NS(=O)(=O)c3ccccc3)CC2)o1. The lowest BCUT2D eigenvalue weighted by Gasteiger charge is -2.25. The number of nitrogens with one attached hydrogen (secondary N) is 1. The van der Waals surface area contributed by atoms with Crippen LogP contribution in [-0.4, -0.2) is 36.7 Å². The van der Waals surface area contributed by atoms with Crippen molar-refractivity contribution >= 4 is 15.6 Å². The van der Waals surface area contributed by atoms with Gasteiger partial charge in [-0.25, -0.2) is 13.4 Å². The van der Waals surface area contributed by atoms with Crippen LogP contribution in [0.15, 0.2) is 45.7 Å². The summed E-state index contributed by atoms with van der Waals surface area (Å²) in [6.07, 6.45) is 2.53. The number of sulfonamides is 1. The van der Waals surface area contributed by atoms with Gasteiger partial charge in [-0.15, -0.1) is 15.0 Å². The highest BCUT2D eigenvalue weighted by molar-refractivity contribution is 7.89. The van der Waals surface area contributed by atoms with Gasteiger partial charge in [0.25, 0.3) is 10.0 Å². The van der Waals surface area contributed by atoms with Crippen molar-refractivity contribution in [1.82, 2.24) is 20.0 Å². The number of nitrogens with zero attached hydrogens (tertiary/aromatic N) is 3. The van der Waals surface area contributed by atoms with Crippen LogP contribution in [0.1, 0.15) is 18.2 Å². The summed E-state index contributed by atoms with van der Waals surface area (Å²) in [5, 5.41) is 9.42. The molecule has 7 nitrogen and oxygen atoms in total. The first kappa shape index (κ1) is 14.9. The number of benzene rings is 1. The molecule has 0 saturated carbocycles. The fourth-order valence-corrected chi connectivity index (χ4v) is 3.32. The predicted molar refractivity (Wildman–Crippen MR) is 80.0 cm³/mol. The van der Waals surface area contributed by atoms with Crippen LogP contribution in [-0.2, 0) is 10.0 Å². The van der Waals surface area contributed by atoms with Crippen LogP contribution >= 0.6 is 0 Å². The zero-order valence-corrected chi connectivity index (χ0v) is 12.9. The Morgan fingerprint density at radius 3 is 2.59 bits per heavy atom. The van der Waals surface area contributed by atoms with E-state index in [1.165, 1.54) is 0 Å². The molecule has 0 radical (unpaired) electrons. The fourth-order valence-electron chi connectivity index (χ4n) is 2.19. The van der Waals surface area contributed by atoms with Crippen molar-refractivity contribution in [2.45, 2.75) is 18.2 Å². The minimum atomic E-state index is -3.54. The second kappa shape index (κ2) is 5.99. The second-order valence-corrected chi connectivity index (χ2v) is 6.62. The minimum absolute atomic E-state index is 0.248. The van der Waals surface area contributed by atoms with E-state index >= 15 is 0 Å². The number of hydrazine groups is 1. The van der Waals surface area contributed by atoms with Gasteiger partial charge in [-0.05, 0) is 18.6 Å². The number of aryl methyl sites for hydroxylation is 1. The molecule has 0 spiro atoms. The monoisotopic (exact) mass is 320 g/mol. The maximum Gasteiger partial charge on any atom is 0.253 e. The van der Waals surface area contributed by atoms with Gasteiger partial charge in [-0.2, -0.15) is 0 Å². The Morgan fingerprint density at radius 2 is 2.00 bits per heavy atom. The van der Waals surface area contributed by atoms with Crippen LogP contribution in [0.25, 0.3) is 5.57 Å². The van der Waals surface area contributed by atoms with Gasteiger partial charge >= 0.3 is 0 Å². The molecule has 1 aliphatic rings. The van der Waals surface area contributed by atoms with Gasteiger partial charge in [-0.1, -0.05) is 24.3 Å². The van der Waals surface area contributed by atoms with Gasteiger partial charge in [-0.3, -0.25) is 0 Å². The first-order chi connectivity index (χ1) is 10.5.